The number of ether oxygens (including phenoxy) is 2. The Hall–Kier alpha value is -2.30. The monoisotopic (exact) mass is 416 g/mol. The molecular formula is C18H21ClN8O2. The third-order valence-corrected chi connectivity index (χ3v) is 6.59. The Balaban J connectivity index is 1.50. The van der Waals surface area contributed by atoms with Gasteiger partial charge in [0.15, 0.2) is 17.3 Å². The molecule has 1 aliphatic heterocycles. The molecule has 11 heteroatoms. The summed E-state index contributed by atoms with van der Waals surface area (Å²) in [5.74, 6) is 0.242. The van der Waals surface area contributed by atoms with Gasteiger partial charge in [-0.1, -0.05) is 16.8 Å². The molecule has 2 aliphatic carbocycles. The maximum absolute atomic E-state index is 6.36. The van der Waals surface area contributed by atoms with Gasteiger partial charge in [-0.15, -0.1) is 10.2 Å². The van der Waals surface area contributed by atoms with E-state index in [1.165, 1.54) is 0 Å². The van der Waals surface area contributed by atoms with E-state index in [9.17, 15) is 0 Å². The Morgan fingerprint density at radius 2 is 2.24 bits per heavy atom. The smallest absolute Gasteiger partial charge is 0.183 e. The third kappa shape index (κ3) is 2.27. The largest absolute Gasteiger partial charge is 0.383 e. The van der Waals surface area contributed by atoms with Crippen molar-refractivity contribution in [2.24, 2.45) is 5.92 Å². The van der Waals surface area contributed by atoms with Crippen molar-refractivity contribution in [2.45, 2.75) is 56.6 Å². The summed E-state index contributed by atoms with van der Waals surface area (Å²) in [5.41, 5.74) is 2.10. The molecule has 1 saturated heterocycles. The van der Waals surface area contributed by atoms with E-state index in [0.717, 1.165) is 29.8 Å². The molecule has 0 aromatic carbocycles. The molecule has 3 aliphatic rings. The minimum atomic E-state index is -0.686. The number of fused-ring (bicyclic) bond motifs is 4. The van der Waals surface area contributed by atoms with Crippen molar-refractivity contribution in [1.82, 2.24) is 35.2 Å². The van der Waals surface area contributed by atoms with Crippen LogP contribution in [-0.4, -0.2) is 59.7 Å². The van der Waals surface area contributed by atoms with Gasteiger partial charge in [-0.25, -0.2) is 9.97 Å². The van der Waals surface area contributed by atoms with Crippen LogP contribution < -0.4 is 5.32 Å². The van der Waals surface area contributed by atoms with Crippen LogP contribution in [0.1, 0.15) is 39.1 Å². The van der Waals surface area contributed by atoms with Crippen LogP contribution in [0.2, 0.25) is 5.15 Å². The van der Waals surface area contributed by atoms with Gasteiger partial charge in [0.05, 0.1) is 23.5 Å². The van der Waals surface area contributed by atoms with Gasteiger partial charge in [-0.3, -0.25) is 0 Å². The van der Waals surface area contributed by atoms with E-state index < -0.39 is 5.79 Å². The normalized spacial score (nSPS) is 34.3. The number of aromatic amines is 1. The van der Waals surface area contributed by atoms with Crippen LogP contribution in [0.4, 0.5) is 5.69 Å². The zero-order valence-corrected chi connectivity index (χ0v) is 17.0. The average Bonchev–Trinajstić information content (AvgIpc) is 3.09. The number of imidazole rings is 1. The number of hydrogen-bond acceptors (Lipinski definition) is 8. The van der Waals surface area contributed by atoms with Crippen molar-refractivity contribution in [1.29, 1.82) is 0 Å². The molecule has 3 fully saturated rings. The predicted octanol–water partition coefficient (Wildman–Crippen LogP) is 2.06. The SMILES string of the molecule is CCNc1cc(Cl)nc2c1ncn2[C@H]1[C@@H]2OC(C)(C)O[C@@H]2[C@]2(c3nn[nH]n3)C[C@H]12. The lowest BCUT2D eigenvalue weighted by Crippen LogP contribution is -2.34. The number of nitrogens with zero attached hydrogens (tertiary/aromatic N) is 6. The van der Waals surface area contributed by atoms with E-state index in [-0.39, 0.29) is 29.6 Å². The Morgan fingerprint density at radius 1 is 1.38 bits per heavy atom. The molecule has 0 radical (unpaired) electrons. The fourth-order valence-electron chi connectivity index (χ4n) is 5.34. The van der Waals surface area contributed by atoms with Crippen molar-refractivity contribution in [3.8, 4) is 0 Å². The zero-order valence-electron chi connectivity index (χ0n) is 16.3. The van der Waals surface area contributed by atoms with Gasteiger partial charge in [0.2, 0.25) is 0 Å². The van der Waals surface area contributed by atoms with Crippen molar-refractivity contribution in [3.63, 3.8) is 0 Å². The van der Waals surface area contributed by atoms with Crippen LogP contribution in [0.5, 0.6) is 0 Å². The maximum atomic E-state index is 6.36. The Bertz CT molecular complexity index is 1100. The number of halogens is 1. The molecule has 2 saturated carbocycles. The van der Waals surface area contributed by atoms with Crippen LogP contribution in [0, 0.1) is 5.92 Å². The Morgan fingerprint density at radius 3 is 3.00 bits per heavy atom. The van der Waals surface area contributed by atoms with Gasteiger partial charge in [0.25, 0.3) is 0 Å². The summed E-state index contributed by atoms with van der Waals surface area (Å²) in [5, 5.41) is 18.7. The highest BCUT2D eigenvalue weighted by Crippen LogP contribution is 2.71. The maximum Gasteiger partial charge on any atom is 0.183 e. The first kappa shape index (κ1) is 17.5. The predicted molar refractivity (Wildman–Crippen MR) is 104 cm³/mol. The lowest BCUT2D eigenvalue weighted by Gasteiger charge is -2.24. The van der Waals surface area contributed by atoms with Crippen LogP contribution in [0.15, 0.2) is 12.4 Å². The van der Waals surface area contributed by atoms with Gasteiger partial charge < -0.3 is 19.4 Å². The van der Waals surface area contributed by atoms with E-state index >= 15 is 0 Å². The summed E-state index contributed by atoms with van der Waals surface area (Å²) >= 11 is 6.33. The summed E-state index contributed by atoms with van der Waals surface area (Å²) in [7, 11) is 0. The number of aromatic nitrogens is 7. The molecule has 6 rings (SSSR count). The van der Waals surface area contributed by atoms with Gasteiger partial charge >= 0.3 is 0 Å². The number of tetrazole rings is 1. The molecule has 3 aromatic rings. The van der Waals surface area contributed by atoms with Crippen LogP contribution >= 0.6 is 11.6 Å². The van der Waals surface area contributed by atoms with Crippen LogP contribution in [0.3, 0.4) is 0 Å². The topological polar surface area (TPSA) is 116 Å². The standard InChI is InChI=1S/C18H21ClN8O2/c1-4-20-9-5-10(19)22-15-11(9)21-7-27(15)12-8-6-18(8,16-23-25-26-24-16)14-13(12)28-17(2,3)29-14/h5,7-8,12-14H,4,6H2,1-3H3,(H,20,22)(H,23,24,25,26)/t8-,12-,13+,14+,18+/m1/s1. The van der Waals surface area contributed by atoms with Gasteiger partial charge in [0.1, 0.15) is 22.9 Å². The molecule has 3 aromatic heterocycles. The molecule has 2 N–H and O–H groups in total. The van der Waals surface area contributed by atoms with E-state index in [0.29, 0.717) is 11.0 Å². The molecular weight excluding hydrogens is 396 g/mol. The molecule has 0 unspecified atom stereocenters. The summed E-state index contributed by atoms with van der Waals surface area (Å²) in [6.07, 6.45) is 2.41. The van der Waals surface area contributed by atoms with Crippen molar-refractivity contribution >= 4 is 28.5 Å². The summed E-state index contributed by atoms with van der Waals surface area (Å²) in [6.45, 7) is 6.68. The molecule has 0 bridgehead atoms. The summed E-state index contributed by atoms with van der Waals surface area (Å²) in [4.78, 5) is 9.24. The van der Waals surface area contributed by atoms with Crippen LogP contribution in [0.25, 0.3) is 11.2 Å². The van der Waals surface area contributed by atoms with Crippen molar-refractivity contribution in [3.05, 3.63) is 23.4 Å². The van der Waals surface area contributed by atoms with E-state index in [1.54, 1.807) is 6.07 Å². The van der Waals surface area contributed by atoms with Crippen molar-refractivity contribution in [2.75, 3.05) is 11.9 Å². The van der Waals surface area contributed by atoms with Crippen molar-refractivity contribution < 1.29 is 9.47 Å². The highest BCUT2D eigenvalue weighted by atomic mass is 35.5. The average molecular weight is 417 g/mol. The number of pyridine rings is 1. The second kappa shape index (κ2) is 5.65. The quantitative estimate of drug-likeness (QED) is 0.621. The van der Waals surface area contributed by atoms with Gasteiger partial charge in [0, 0.05) is 12.6 Å². The minimum absolute atomic E-state index is 0.00859. The van der Waals surface area contributed by atoms with Crippen LogP contribution in [-0.2, 0) is 14.9 Å². The lowest BCUT2D eigenvalue weighted by atomic mass is 9.98. The second-order valence-electron chi connectivity index (χ2n) is 8.44. The zero-order chi connectivity index (χ0) is 20.0. The molecule has 0 spiro atoms. The van der Waals surface area contributed by atoms with Gasteiger partial charge in [-0.05, 0) is 33.1 Å². The summed E-state index contributed by atoms with van der Waals surface area (Å²) in [6, 6.07) is 1.80. The Labute approximate surface area is 171 Å². The first-order valence-corrected chi connectivity index (χ1v) is 10.2. The molecule has 4 heterocycles. The number of H-pyrrole nitrogens is 1. The first-order chi connectivity index (χ1) is 13.9. The summed E-state index contributed by atoms with van der Waals surface area (Å²) < 4.78 is 14.8. The molecule has 10 nitrogen and oxygen atoms in total. The van der Waals surface area contributed by atoms with E-state index in [1.807, 2.05) is 27.1 Å². The first-order valence-electron chi connectivity index (χ1n) is 9.81. The number of rotatable bonds is 4. The number of hydrogen-bond donors (Lipinski definition) is 2. The molecule has 152 valence electrons. The third-order valence-electron chi connectivity index (χ3n) is 6.39. The van der Waals surface area contributed by atoms with E-state index in [4.69, 9.17) is 21.1 Å². The fraction of sp³-hybridized carbons (Fsp3) is 0.611. The van der Waals surface area contributed by atoms with E-state index in [2.05, 4.69) is 40.5 Å². The second-order valence-corrected chi connectivity index (χ2v) is 8.83. The highest BCUT2D eigenvalue weighted by Gasteiger charge is 2.78. The van der Waals surface area contributed by atoms with Gasteiger partial charge in [-0.2, -0.15) is 5.21 Å². The highest BCUT2D eigenvalue weighted by molar-refractivity contribution is 6.30. The number of anilines is 1. The lowest BCUT2D eigenvalue weighted by molar-refractivity contribution is -0.157. The minimum Gasteiger partial charge on any atom is -0.383 e. The molecule has 0 amide bonds. The fourth-order valence-corrected chi connectivity index (χ4v) is 5.53. The number of nitrogens with one attached hydrogen (secondary N) is 2. The molecule has 29 heavy (non-hydrogen) atoms. The molecule has 5 atom stereocenters. The Kier molecular flexibility index (Phi) is 3.42.